The third-order valence-corrected chi connectivity index (χ3v) is 4.05. The van der Waals surface area contributed by atoms with Crippen LogP contribution in [0.15, 0.2) is 36.9 Å². The highest BCUT2D eigenvalue weighted by molar-refractivity contribution is 5.94. The minimum absolute atomic E-state index is 0. The van der Waals surface area contributed by atoms with Crippen LogP contribution in [0, 0.1) is 5.92 Å². The molecule has 22 heavy (non-hydrogen) atoms. The van der Waals surface area contributed by atoms with Crippen LogP contribution in [-0.4, -0.2) is 44.7 Å². The summed E-state index contributed by atoms with van der Waals surface area (Å²) in [7, 11) is 0. The van der Waals surface area contributed by atoms with Crippen molar-refractivity contribution in [1.82, 2.24) is 19.7 Å². The lowest BCUT2D eigenvalue weighted by Gasteiger charge is -2.21. The molecule has 1 aromatic heterocycles. The molecule has 1 aliphatic rings. The summed E-state index contributed by atoms with van der Waals surface area (Å²) in [5, 5.41) is 4.07. The molecule has 1 fully saturated rings. The van der Waals surface area contributed by atoms with Crippen molar-refractivity contribution < 1.29 is 4.79 Å². The monoisotopic (exact) mass is 321 g/mol. The molecule has 3 rings (SSSR count). The number of hydrogen-bond acceptors (Lipinski definition) is 4. The highest BCUT2D eigenvalue weighted by Crippen LogP contribution is 2.24. The Balaban J connectivity index is 0.00000176. The Hall–Kier alpha value is -1.92. The van der Waals surface area contributed by atoms with Gasteiger partial charge in [0, 0.05) is 18.2 Å². The number of benzene rings is 1. The summed E-state index contributed by atoms with van der Waals surface area (Å²) in [4.78, 5) is 18.4. The van der Waals surface area contributed by atoms with E-state index in [-0.39, 0.29) is 24.4 Å². The highest BCUT2D eigenvalue weighted by atomic mass is 35.5. The molecule has 1 aromatic carbocycles. The minimum Gasteiger partial charge on any atom is -0.336 e. The molecule has 2 aromatic rings. The fourth-order valence-corrected chi connectivity index (χ4v) is 2.86. The molecule has 1 saturated heterocycles. The number of likely N-dealkylation sites (tertiary alicyclic amines) is 1. The number of aromatic nitrogens is 3. The third-order valence-electron chi connectivity index (χ3n) is 4.05. The van der Waals surface area contributed by atoms with Crippen LogP contribution in [0.5, 0.6) is 0 Å². The number of amides is 1. The molecule has 1 amide bonds. The predicted molar refractivity (Wildman–Crippen MR) is 86.3 cm³/mol. The van der Waals surface area contributed by atoms with Gasteiger partial charge in [-0.25, -0.2) is 9.67 Å². The van der Waals surface area contributed by atoms with Crippen molar-refractivity contribution in [2.75, 3.05) is 13.1 Å². The number of carbonyl (C=O) groups excluding carboxylic acids is 1. The van der Waals surface area contributed by atoms with Crippen molar-refractivity contribution in [3.05, 3.63) is 42.5 Å². The van der Waals surface area contributed by atoms with Gasteiger partial charge in [-0.2, -0.15) is 5.10 Å². The maximum Gasteiger partial charge on any atom is 0.254 e. The van der Waals surface area contributed by atoms with Gasteiger partial charge in [-0.15, -0.1) is 12.4 Å². The third kappa shape index (κ3) is 3.13. The summed E-state index contributed by atoms with van der Waals surface area (Å²) in [6, 6.07) is 7.68. The van der Waals surface area contributed by atoms with E-state index in [4.69, 9.17) is 5.73 Å². The average Bonchev–Trinajstić information content (AvgIpc) is 3.16. The molecule has 2 unspecified atom stereocenters. The van der Waals surface area contributed by atoms with Crippen molar-refractivity contribution in [1.29, 1.82) is 0 Å². The summed E-state index contributed by atoms with van der Waals surface area (Å²) < 4.78 is 1.66. The van der Waals surface area contributed by atoms with E-state index in [1.807, 2.05) is 29.2 Å². The zero-order valence-corrected chi connectivity index (χ0v) is 13.2. The predicted octanol–water partition coefficient (Wildman–Crippen LogP) is 1.50. The number of rotatable bonds is 3. The van der Waals surface area contributed by atoms with Gasteiger partial charge >= 0.3 is 0 Å². The fourth-order valence-electron chi connectivity index (χ4n) is 2.86. The quantitative estimate of drug-likeness (QED) is 0.929. The summed E-state index contributed by atoms with van der Waals surface area (Å²) >= 11 is 0. The lowest BCUT2D eigenvalue weighted by molar-refractivity contribution is 0.0743. The second-order valence-electron chi connectivity index (χ2n) is 5.53. The van der Waals surface area contributed by atoms with Crippen LogP contribution in [0.4, 0.5) is 0 Å². The van der Waals surface area contributed by atoms with Crippen molar-refractivity contribution >= 4 is 18.3 Å². The van der Waals surface area contributed by atoms with Crippen molar-refractivity contribution in [3.63, 3.8) is 0 Å². The first-order valence-electron chi connectivity index (χ1n) is 7.15. The Morgan fingerprint density at radius 3 is 2.64 bits per heavy atom. The van der Waals surface area contributed by atoms with Crippen molar-refractivity contribution in [2.24, 2.45) is 11.7 Å². The largest absolute Gasteiger partial charge is 0.336 e. The normalized spacial score (nSPS) is 20.7. The number of carbonyl (C=O) groups is 1. The maximum atomic E-state index is 12.6. The molecule has 118 valence electrons. The first kappa shape index (κ1) is 16.5. The molecule has 2 atom stereocenters. The van der Waals surface area contributed by atoms with E-state index in [0.717, 1.165) is 18.7 Å². The van der Waals surface area contributed by atoms with Crippen LogP contribution in [0.25, 0.3) is 5.69 Å². The smallest absolute Gasteiger partial charge is 0.254 e. The van der Waals surface area contributed by atoms with Gasteiger partial charge in [0.1, 0.15) is 12.7 Å². The molecule has 0 saturated carbocycles. The first-order chi connectivity index (χ1) is 10.2. The molecule has 2 heterocycles. The summed E-state index contributed by atoms with van der Waals surface area (Å²) in [5.41, 5.74) is 7.30. The standard InChI is InChI=1S/C15H19N5O.ClH/c1-11-6-12(7-16)8-19(11)15(21)13-2-4-14(5-3-13)20-10-17-9-18-20;/h2-5,9-12H,6-8,16H2,1H3;1H. The lowest BCUT2D eigenvalue weighted by Crippen LogP contribution is -2.34. The van der Waals surface area contributed by atoms with E-state index in [9.17, 15) is 4.79 Å². The van der Waals surface area contributed by atoms with E-state index >= 15 is 0 Å². The van der Waals surface area contributed by atoms with E-state index < -0.39 is 0 Å². The van der Waals surface area contributed by atoms with Gasteiger partial charge in [-0.1, -0.05) is 0 Å². The molecule has 0 bridgehead atoms. The maximum absolute atomic E-state index is 12.6. The van der Waals surface area contributed by atoms with E-state index in [0.29, 0.717) is 18.0 Å². The average molecular weight is 322 g/mol. The van der Waals surface area contributed by atoms with Crippen molar-refractivity contribution in [2.45, 2.75) is 19.4 Å². The number of halogens is 1. The zero-order valence-electron chi connectivity index (χ0n) is 12.4. The van der Waals surface area contributed by atoms with Gasteiger partial charge in [0.15, 0.2) is 0 Å². The van der Waals surface area contributed by atoms with E-state index in [1.165, 1.54) is 6.33 Å². The minimum atomic E-state index is 0. The summed E-state index contributed by atoms with van der Waals surface area (Å²) in [6.45, 7) is 3.47. The van der Waals surface area contributed by atoms with Gasteiger partial charge in [-0.3, -0.25) is 4.79 Å². The summed E-state index contributed by atoms with van der Waals surface area (Å²) in [6.07, 6.45) is 4.10. The molecule has 0 radical (unpaired) electrons. The topological polar surface area (TPSA) is 77.0 Å². The van der Waals surface area contributed by atoms with E-state index in [2.05, 4.69) is 17.0 Å². The lowest BCUT2D eigenvalue weighted by atomic mass is 10.1. The Bertz CT molecular complexity index is 613. The SMILES string of the molecule is CC1CC(CN)CN1C(=O)c1ccc(-n2cncn2)cc1.Cl. The van der Waals surface area contributed by atoms with Crippen LogP contribution in [0.3, 0.4) is 0 Å². The fraction of sp³-hybridized carbons (Fsp3) is 0.400. The molecule has 1 aliphatic heterocycles. The molecule has 6 nitrogen and oxygen atoms in total. The number of nitrogens with two attached hydrogens (primary N) is 1. The molecule has 0 aliphatic carbocycles. The Labute approximate surface area is 135 Å². The Morgan fingerprint density at radius 2 is 2.09 bits per heavy atom. The zero-order chi connectivity index (χ0) is 14.8. The van der Waals surface area contributed by atoms with Crippen molar-refractivity contribution in [3.8, 4) is 5.69 Å². The second kappa shape index (κ2) is 6.89. The molecular formula is C15H20ClN5O. The van der Waals surface area contributed by atoms with Crippen LogP contribution in [0.2, 0.25) is 0 Å². The Kier molecular flexibility index (Phi) is 5.15. The number of nitrogens with zero attached hydrogens (tertiary/aromatic N) is 4. The van der Waals surface area contributed by atoms with Gasteiger partial charge in [0.2, 0.25) is 0 Å². The molecule has 2 N–H and O–H groups in total. The van der Waals surface area contributed by atoms with Gasteiger partial charge in [0.05, 0.1) is 5.69 Å². The van der Waals surface area contributed by atoms with E-state index in [1.54, 1.807) is 11.0 Å². The Morgan fingerprint density at radius 1 is 1.36 bits per heavy atom. The van der Waals surface area contributed by atoms with Crippen LogP contribution in [0.1, 0.15) is 23.7 Å². The van der Waals surface area contributed by atoms with Crippen LogP contribution < -0.4 is 5.73 Å². The first-order valence-corrected chi connectivity index (χ1v) is 7.15. The van der Waals surface area contributed by atoms with Gasteiger partial charge in [-0.05, 0) is 50.1 Å². The second-order valence-corrected chi connectivity index (χ2v) is 5.53. The molecular weight excluding hydrogens is 302 g/mol. The summed E-state index contributed by atoms with van der Waals surface area (Å²) in [5.74, 6) is 0.488. The number of hydrogen-bond donors (Lipinski definition) is 1. The van der Waals surface area contributed by atoms with Gasteiger partial charge in [0.25, 0.3) is 5.91 Å². The molecule has 7 heteroatoms. The molecule has 0 spiro atoms. The van der Waals surface area contributed by atoms with Gasteiger partial charge < -0.3 is 10.6 Å². The van der Waals surface area contributed by atoms with Crippen LogP contribution >= 0.6 is 12.4 Å². The highest BCUT2D eigenvalue weighted by Gasteiger charge is 2.31. The van der Waals surface area contributed by atoms with Crippen LogP contribution in [-0.2, 0) is 0 Å².